The summed E-state index contributed by atoms with van der Waals surface area (Å²) in [5, 5.41) is 6.85. The van der Waals surface area contributed by atoms with Gasteiger partial charge in [0.2, 0.25) is 5.91 Å². The van der Waals surface area contributed by atoms with Crippen LogP contribution in [0.4, 0.5) is 10.1 Å². The third-order valence-corrected chi connectivity index (χ3v) is 6.07. The molecule has 0 radical (unpaired) electrons. The number of nitrogens with one attached hydrogen (secondary N) is 3. The number of H-pyrrole nitrogens is 1. The SMILES string of the molecule is CSC1C(=O)Nc2c(F)ccc(OCCNCCCc3c[nH]c4ccccc34)c21. The summed E-state index contributed by atoms with van der Waals surface area (Å²) in [5.74, 6) is -0.0507. The second-order valence-electron chi connectivity index (χ2n) is 7.00. The molecule has 4 rings (SSSR count). The van der Waals surface area contributed by atoms with Crippen LogP contribution in [-0.4, -0.2) is 36.8 Å². The molecule has 1 unspecified atom stereocenters. The second kappa shape index (κ2) is 8.88. The van der Waals surface area contributed by atoms with Crippen molar-refractivity contribution in [2.75, 3.05) is 31.3 Å². The molecule has 1 atom stereocenters. The predicted octanol–water partition coefficient (Wildman–Crippen LogP) is 4.26. The zero-order chi connectivity index (χ0) is 20.2. The van der Waals surface area contributed by atoms with Gasteiger partial charge in [0.1, 0.15) is 23.4 Å². The van der Waals surface area contributed by atoms with Crippen LogP contribution in [0, 0.1) is 5.82 Å². The van der Waals surface area contributed by atoms with E-state index in [1.807, 2.05) is 12.3 Å². The lowest BCUT2D eigenvalue weighted by atomic mass is 10.1. The van der Waals surface area contributed by atoms with Gasteiger partial charge in [0.15, 0.2) is 0 Å². The van der Waals surface area contributed by atoms with Gasteiger partial charge in [-0.05, 0) is 49.4 Å². The Morgan fingerprint density at radius 3 is 2.93 bits per heavy atom. The molecule has 0 fully saturated rings. The molecule has 0 bridgehead atoms. The zero-order valence-electron chi connectivity index (χ0n) is 16.3. The number of amides is 1. The average Bonchev–Trinajstić information content (AvgIpc) is 3.30. The number of carbonyl (C=O) groups excluding carboxylic acids is 1. The Morgan fingerprint density at radius 2 is 2.07 bits per heavy atom. The van der Waals surface area contributed by atoms with E-state index in [0.29, 0.717) is 24.5 Å². The number of halogens is 1. The highest BCUT2D eigenvalue weighted by Gasteiger charge is 2.35. The van der Waals surface area contributed by atoms with Crippen LogP contribution in [0.5, 0.6) is 5.75 Å². The van der Waals surface area contributed by atoms with Crippen LogP contribution in [0.2, 0.25) is 0 Å². The number of aromatic nitrogens is 1. The first-order chi connectivity index (χ1) is 14.2. The van der Waals surface area contributed by atoms with E-state index in [1.165, 1.54) is 34.3 Å². The fraction of sp³-hybridized carbons (Fsp3) is 0.318. The standard InChI is InChI=1S/C22H24FN3O2S/c1-29-21-19-18(9-8-16(23)20(19)26-22(21)27)28-12-11-24-10-4-5-14-13-25-17-7-3-2-6-15(14)17/h2-3,6-9,13,21,24-25H,4-5,10-12H2,1H3,(H,26,27). The molecule has 3 aromatic rings. The Bertz CT molecular complexity index is 1020. The molecule has 2 aromatic carbocycles. The van der Waals surface area contributed by atoms with Gasteiger partial charge in [-0.3, -0.25) is 4.79 Å². The van der Waals surface area contributed by atoms with Gasteiger partial charge in [-0.1, -0.05) is 18.2 Å². The molecule has 1 aliphatic rings. The number of benzene rings is 2. The number of hydrogen-bond donors (Lipinski definition) is 3. The number of para-hydroxylation sites is 1. The van der Waals surface area contributed by atoms with Crippen LogP contribution in [0.3, 0.4) is 0 Å². The molecule has 1 amide bonds. The number of carbonyl (C=O) groups is 1. The van der Waals surface area contributed by atoms with Crippen molar-refractivity contribution in [1.82, 2.24) is 10.3 Å². The van der Waals surface area contributed by atoms with Gasteiger partial charge in [0, 0.05) is 29.2 Å². The Labute approximate surface area is 173 Å². The molecule has 0 spiro atoms. The summed E-state index contributed by atoms with van der Waals surface area (Å²) >= 11 is 1.38. The number of rotatable bonds is 9. The smallest absolute Gasteiger partial charge is 0.242 e. The zero-order valence-corrected chi connectivity index (χ0v) is 17.1. The normalized spacial score (nSPS) is 15.5. The van der Waals surface area contributed by atoms with Crippen LogP contribution in [0.15, 0.2) is 42.6 Å². The summed E-state index contributed by atoms with van der Waals surface area (Å²) in [4.78, 5) is 15.3. The number of ether oxygens (including phenoxy) is 1. The molecule has 0 aliphatic carbocycles. The predicted molar refractivity (Wildman–Crippen MR) is 116 cm³/mol. The van der Waals surface area contributed by atoms with Crippen LogP contribution < -0.4 is 15.4 Å². The van der Waals surface area contributed by atoms with Crippen LogP contribution in [0.25, 0.3) is 10.9 Å². The number of aromatic amines is 1. The lowest BCUT2D eigenvalue weighted by Gasteiger charge is -2.14. The van der Waals surface area contributed by atoms with Crippen molar-refractivity contribution in [3.05, 3.63) is 59.5 Å². The molecule has 7 heteroatoms. The summed E-state index contributed by atoms with van der Waals surface area (Å²) < 4.78 is 19.9. The Hall–Kier alpha value is -2.51. The fourth-order valence-corrected chi connectivity index (χ4v) is 4.47. The first-order valence-electron chi connectivity index (χ1n) is 9.73. The molecule has 1 aliphatic heterocycles. The van der Waals surface area contributed by atoms with E-state index in [9.17, 15) is 9.18 Å². The van der Waals surface area contributed by atoms with Crippen molar-refractivity contribution in [3.63, 3.8) is 0 Å². The van der Waals surface area contributed by atoms with Crippen molar-refractivity contribution in [2.45, 2.75) is 18.1 Å². The van der Waals surface area contributed by atoms with Crippen LogP contribution in [0.1, 0.15) is 22.8 Å². The maximum Gasteiger partial charge on any atom is 0.242 e. The van der Waals surface area contributed by atoms with Gasteiger partial charge in [0.25, 0.3) is 0 Å². The topological polar surface area (TPSA) is 66.2 Å². The van der Waals surface area contributed by atoms with Gasteiger partial charge in [-0.15, -0.1) is 11.8 Å². The highest BCUT2D eigenvalue weighted by molar-refractivity contribution is 7.99. The lowest BCUT2D eigenvalue weighted by Crippen LogP contribution is -2.22. The monoisotopic (exact) mass is 413 g/mol. The fourth-order valence-electron chi connectivity index (χ4n) is 3.73. The Morgan fingerprint density at radius 1 is 1.21 bits per heavy atom. The highest BCUT2D eigenvalue weighted by Crippen LogP contribution is 2.45. The van der Waals surface area contributed by atoms with Crippen molar-refractivity contribution in [2.24, 2.45) is 0 Å². The molecular formula is C22H24FN3O2S. The number of thioether (sulfide) groups is 1. The molecule has 29 heavy (non-hydrogen) atoms. The number of hydrogen-bond acceptors (Lipinski definition) is 4. The molecule has 3 N–H and O–H groups in total. The number of aryl methyl sites for hydroxylation is 1. The van der Waals surface area contributed by atoms with E-state index in [1.54, 1.807) is 6.07 Å². The van der Waals surface area contributed by atoms with Crippen LogP contribution in [-0.2, 0) is 11.2 Å². The summed E-state index contributed by atoms with van der Waals surface area (Å²) in [6, 6.07) is 11.3. The maximum absolute atomic E-state index is 14.0. The van der Waals surface area contributed by atoms with Gasteiger partial charge >= 0.3 is 0 Å². The van der Waals surface area contributed by atoms with E-state index in [-0.39, 0.29) is 11.6 Å². The number of fused-ring (bicyclic) bond motifs is 2. The summed E-state index contributed by atoms with van der Waals surface area (Å²) in [6.45, 7) is 2.03. The molecule has 152 valence electrons. The van der Waals surface area contributed by atoms with E-state index >= 15 is 0 Å². The minimum atomic E-state index is -0.431. The van der Waals surface area contributed by atoms with E-state index in [4.69, 9.17) is 4.74 Å². The van der Waals surface area contributed by atoms with Gasteiger partial charge in [-0.25, -0.2) is 4.39 Å². The Kier molecular flexibility index (Phi) is 6.06. The average molecular weight is 414 g/mol. The number of anilines is 1. The second-order valence-corrected chi connectivity index (χ2v) is 7.94. The first-order valence-corrected chi connectivity index (χ1v) is 11.0. The summed E-state index contributed by atoms with van der Waals surface area (Å²) in [7, 11) is 0. The lowest BCUT2D eigenvalue weighted by molar-refractivity contribution is -0.115. The molecule has 2 heterocycles. The minimum absolute atomic E-state index is 0.196. The molecule has 0 saturated heterocycles. The van der Waals surface area contributed by atoms with Crippen LogP contribution >= 0.6 is 11.8 Å². The highest BCUT2D eigenvalue weighted by atomic mass is 32.2. The Balaban J connectivity index is 1.24. The van der Waals surface area contributed by atoms with Crippen molar-refractivity contribution in [1.29, 1.82) is 0 Å². The van der Waals surface area contributed by atoms with Crippen molar-refractivity contribution >= 4 is 34.3 Å². The minimum Gasteiger partial charge on any atom is -0.492 e. The maximum atomic E-state index is 14.0. The molecule has 1 aromatic heterocycles. The van der Waals surface area contributed by atoms with E-state index < -0.39 is 11.1 Å². The molecular weight excluding hydrogens is 389 g/mol. The van der Waals surface area contributed by atoms with Crippen molar-refractivity contribution < 1.29 is 13.9 Å². The molecule has 5 nitrogen and oxygen atoms in total. The van der Waals surface area contributed by atoms with E-state index in [2.05, 4.69) is 40.0 Å². The largest absolute Gasteiger partial charge is 0.492 e. The first kappa shape index (κ1) is 19.8. The summed E-state index contributed by atoms with van der Waals surface area (Å²) in [6.07, 6.45) is 5.96. The summed E-state index contributed by atoms with van der Waals surface area (Å²) in [5.41, 5.74) is 3.37. The third kappa shape index (κ3) is 4.11. The van der Waals surface area contributed by atoms with Gasteiger partial charge in [-0.2, -0.15) is 0 Å². The van der Waals surface area contributed by atoms with Gasteiger partial charge < -0.3 is 20.4 Å². The third-order valence-electron chi connectivity index (χ3n) is 5.15. The van der Waals surface area contributed by atoms with E-state index in [0.717, 1.165) is 19.4 Å². The van der Waals surface area contributed by atoms with Crippen molar-refractivity contribution in [3.8, 4) is 5.75 Å². The quantitative estimate of drug-likeness (QED) is 0.459. The van der Waals surface area contributed by atoms with Gasteiger partial charge in [0.05, 0.1) is 5.69 Å². The molecule has 0 saturated carbocycles.